The lowest BCUT2D eigenvalue weighted by Gasteiger charge is -2.28. The Morgan fingerprint density at radius 1 is 1.50 bits per heavy atom. The lowest BCUT2D eigenvalue weighted by atomic mass is 9.93. The SMILES string of the molecule is NS(=O)(=O)c1cc(C(=O)NCC(F)F)n(C2CCC2)c1. The van der Waals surface area contributed by atoms with Crippen LogP contribution in [0.4, 0.5) is 8.78 Å². The molecule has 0 spiro atoms. The number of carbonyl (C=O) groups is 1. The average Bonchev–Trinajstić information content (AvgIpc) is 2.67. The first-order valence-corrected chi connectivity index (χ1v) is 7.64. The molecule has 1 heterocycles. The molecule has 0 atom stereocenters. The number of alkyl halides is 2. The van der Waals surface area contributed by atoms with E-state index in [0.717, 1.165) is 25.3 Å². The summed E-state index contributed by atoms with van der Waals surface area (Å²) < 4.78 is 48.4. The fraction of sp³-hybridized carbons (Fsp3) is 0.545. The van der Waals surface area contributed by atoms with Crippen LogP contribution in [0.1, 0.15) is 35.8 Å². The molecule has 1 aromatic rings. The van der Waals surface area contributed by atoms with Gasteiger partial charge in [0.25, 0.3) is 12.3 Å². The van der Waals surface area contributed by atoms with Gasteiger partial charge >= 0.3 is 0 Å². The van der Waals surface area contributed by atoms with Crippen molar-refractivity contribution >= 4 is 15.9 Å². The Morgan fingerprint density at radius 2 is 2.15 bits per heavy atom. The van der Waals surface area contributed by atoms with Crippen molar-refractivity contribution in [3.8, 4) is 0 Å². The van der Waals surface area contributed by atoms with Crippen molar-refractivity contribution in [2.45, 2.75) is 36.6 Å². The molecular formula is C11H15F2N3O3S. The highest BCUT2D eigenvalue weighted by molar-refractivity contribution is 7.89. The zero-order chi connectivity index (χ0) is 14.9. The first kappa shape index (κ1) is 14.9. The highest BCUT2D eigenvalue weighted by Gasteiger charge is 2.27. The fourth-order valence-electron chi connectivity index (χ4n) is 2.02. The summed E-state index contributed by atoms with van der Waals surface area (Å²) in [5, 5.41) is 7.09. The van der Waals surface area contributed by atoms with E-state index in [0.29, 0.717) is 0 Å². The van der Waals surface area contributed by atoms with E-state index >= 15 is 0 Å². The summed E-state index contributed by atoms with van der Waals surface area (Å²) in [5.41, 5.74) is 0.0411. The number of amides is 1. The van der Waals surface area contributed by atoms with Crippen LogP contribution in [0.2, 0.25) is 0 Å². The second-order valence-electron chi connectivity index (χ2n) is 4.70. The molecule has 0 aliphatic heterocycles. The quantitative estimate of drug-likeness (QED) is 0.844. The van der Waals surface area contributed by atoms with Gasteiger partial charge in [0.1, 0.15) is 10.6 Å². The number of hydrogen-bond donors (Lipinski definition) is 2. The molecule has 0 unspecified atom stereocenters. The van der Waals surface area contributed by atoms with E-state index in [1.807, 2.05) is 0 Å². The molecule has 6 nitrogen and oxygen atoms in total. The van der Waals surface area contributed by atoms with E-state index in [9.17, 15) is 22.0 Å². The number of halogens is 2. The Labute approximate surface area is 115 Å². The van der Waals surface area contributed by atoms with Gasteiger partial charge < -0.3 is 9.88 Å². The minimum Gasteiger partial charge on any atom is -0.345 e. The van der Waals surface area contributed by atoms with Crippen molar-refractivity contribution in [1.82, 2.24) is 9.88 Å². The predicted molar refractivity (Wildman–Crippen MR) is 67.0 cm³/mol. The van der Waals surface area contributed by atoms with Gasteiger partial charge in [0.2, 0.25) is 10.0 Å². The molecule has 2 rings (SSSR count). The third-order valence-electron chi connectivity index (χ3n) is 3.27. The first-order valence-electron chi connectivity index (χ1n) is 6.10. The van der Waals surface area contributed by atoms with Crippen LogP contribution in [-0.4, -0.2) is 31.9 Å². The number of nitrogens with one attached hydrogen (secondary N) is 1. The summed E-state index contributed by atoms with van der Waals surface area (Å²) in [6.45, 7) is -0.778. The van der Waals surface area contributed by atoms with Crippen molar-refractivity contribution in [3.05, 3.63) is 18.0 Å². The number of nitrogens with two attached hydrogens (primary N) is 1. The molecule has 1 aliphatic rings. The summed E-state index contributed by atoms with van der Waals surface area (Å²) in [4.78, 5) is 11.7. The Hall–Kier alpha value is -1.48. The molecule has 0 radical (unpaired) electrons. The molecule has 1 aliphatic carbocycles. The maximum Gasteiger partial charge on any atom is 0.268 e. The monoisotopic (exact) mass is 307 g/mol. The van der Waals surface area contributed by atoms with E-state index in [2.05, 4.69) is 5.32 Å². The number of sulfonamides is 1. The molecule has 1 fully saturated rings. The van der Waals surface area contributed by atoms with Gasteiger partial charge in [-0.05, 0) is 25.3 Å². The largest absolute Gasteiger partial charge is 0.345 e. The third kappa shape index (κ3) is 3.15. The van der Waals surface area contributed by atoms with E-state index in [-0.39, 0.29) is 16.6 Å². The first-order chi connectivity index (χ1) is 9.29. The Bertz CT molecular complexity index is 608. The topological polar surface area (TPSA) is 94.2 Å². The number of nitrogens with zero attached hydrogens (tertiary/aromatic N) is 1. The second kappa shape index (κ2) is 5.49. The summed E-state index contributed by atoms with van der Waals surface area (Å²) in [7, 11) is -3.94. The molecule has 20 heavy (non-hydrogen) atoms. The normalized spacial score (nSPS) is 16.2. The van der Waals surface area contributed by atoms with Crippen molar-refractivity contribution in [1.29, 1.82) is 0 Å². The van der Waals surface area contributed by atoms with Gasteiger partial charge in [-0.3, -0.25) is 4.79 Å². The number of aromatic nitrogens is 1. The van der Waals surface area contributed by atoms with Crippen molar-refractivity contribution in [2.75, 3.05) is 6.54 Å². The lowest BCUT2D eigenvalue weighted by molar-refractivity contribution is 0.0877. The molecule has 0 saturated heterocycles. The minimum absolute atomic E-state index is 0.0119. The molecule has 1 saturated carbocycles. The molecule has 9 heteroatoms. The highest BCUT2D eigenvalue weighted by atomic mass is 32.2. The molecule has 0 bridgehead atoms. The van der Waals surface area contributed by atoms with Crippen LogP contribution in [0, 0.1) is 0 Å². The zero-order valence-electron chi connectivity index (χ0n) is 10.6. The lowest BCUT2D eigenvalue weighted by Crippen LogP contribution is -2.31. The molecular weight excluding hydrogens is 292 g/mol. The molecule has 1 aromatic heterocycles. The summed E-state index contributed by atoms with van der Waals surface area (Å²) >= 11 is 0. The van der Waals surface area contributed by atoms with Crippen LogP contribution in [-0.2, 0) is 10.0 Å². The Balaban J connectivity index is 2.29. The van der Waals surface area contributed by atoms with Gasteiger partial charge in [-0.25, -0.2) is 22.3 Å². The van der Waals surface area contributed by atoms with E-state index in [4.69, 9.17) is 5.14 Å². The molecule has 0 aromatic carbocycles. The summed E-state index contributed by atoms with van der Waals surface area (Å²) in [6.07, 6.45) is 1.23. The zero-order valence-corrected chi connectivity index (χ0v) is 11.4. The van der Waals surface area contributed by atoms with E-state index < -0.39 is 28.9 Å². The van der Waals surface area contributed by atoms with Crippen LogP contribution in [0.3, 0.4) is 0 Å². The smallest absolute Gasteiger partial charge is 0.268 e. The highest BCUT2D eigenvalue weighted by Crippen LogP contribution is 2.34. The second-order valence-corrected chi connectivity index (χ2v) is 6.26. The fourth-order valence-corrected chi connectivity index (χ4v) is 2.56. The van der Waals surface area contributed by atoms with Gasteiger partial charge in [0, 0.05) is 12.2 Å². The molecule has 112 valence electrons. The average molecular weight is 307 g/mol. The standard InChI is InChI=1S/C11H15F2N3O3S/c12-10(13)5-15-11(17)9-4-8(20(14,18)19)6-16(9)7-2-1-3-7/h4,6-7,10H,1-3,5H2,(H,15,17)(H2,14,18,19). The Morgan fingerprint density at radius 3 is 2.60 bits per heavy atom. The van der Waals surface area contributed by atoms with Crippen LogP contribution < -0.4 is 10.5 Å². The van der Waals surface area contributed by atoms with Gasteiger partial charge in [-0.15, -0.1) is 0 Å². The molecule has 3 N–H and O–H groups in total. The summed E-state index contributed by atoms with van der Waals surface area (Å²) in [5.74, 6) is -0.730. The van der Waals surface area contributed by atoms with E-state index in [1.165, 1.54) is 10.8 Å². The van der Waals surface area contributed by atoms with E-state index in [1.54, 1.807) is 0 Å². The minimum atomic E-state index is -3.94. The maximum atomic E-state index is 12.1. The van der Waals surface area contributed by atoms with Crippen LogP contribution >= 0.6 is 0 Å². The number of primary sulfonamides is 1. The maximum absolute atomic E-state index is 12.1. The van der Waals surface area contributed by atoms with Crippen molar-refractivity contribution in [2.24, 2.45) is 5.14 Å². The van der Waals surface area contributed by atoms with Crippen LogP contribution in [0.15, 0.2) is 17.2 Å². The van der Waals surface area contributed by atoms with Crippen molar-refractivity contribution in [3.63, 3.8) is 0 Å². The Kier molecular flexibility index (Phi) is 4.09. The third-order valence-corrected chi connectivity index (χ3v) is 4.15. The molecule has 1 amide bonds. The number of rotatable bonds is 5. The van der Waals surface area contributed by atoms with Crippen molar-refractivity contribution < 1.29 is 22.0 Å². The number of hydrogen-bond acceptors (Lipinski definition) is 3. The van der Waals surface area contributed by atoms with Crippen LogP contribution in [0.25, 0.3) is 0 Å². The van der Waals surface area contributed by atoms with Gasteiger partial charge in [0.15, 0.2) is 0 Å². The summed E-state index contributed by atoms with van der Waals surface area (Å²) in [6, 6.07) is 1.13. The van der Waals surface area contributed by atoms with Gasteiger partial charge in [-0.2, -0.15) is 0 Å². The van der Waals surface area contributed by atoms with Crippen LogP contribution in [0.5, 0.6) is 0 Å². The number of carbonyl (C=O) groups excluding carboxylic acids is 1. The van der Waals surface area contributed by atoms with Gasteiger partial charge in [-0.1, -0.05) is 0 Å². The predicted octanol–water partition coefficient (Wildman–Crippen LogP) is 0.855. The van der Waals surface area contributed by atoms with Gasteiger partial charge in [0.05, 0.1) is 6.54 Å².